The lowest BCUT2D eigenvalue weighted by Gasteiger charge is -2.36. The molecule has 0 atom stereocenters. The molecule has 2 amide bonds. The van der Waals surface area contributed by atoms with Crippen molar-refractivity contribution in [2.75, 3.05) is 26.3 Å². The van der Waals surface area contributed by atoms with E-state index in [1.807, 2.05) is 30.3 Å². The van der Waals surface area contributed by atoms with Crippen LogP contribution in [0, 0.1) is 5.82 Å². The number of amides is 2. The summed E-state index contributed by atoms with van der Waals surface area (Å²) in [4.78, 5) is 25.1. The third-order valence-electron chi connectivity index (χ3n) is 5.17. The minimum atomic E-state index is -0.795. The van der Waals surface area contributed by atoms with Gasteiger partial charge in [0.25, 0.3) is 0 Å². The van der Waals surface area contributed by atoms with Crippen molar-refractivity contribution < 1.29 is 18.7 Å². The van der Waals surface area contributed by atoms with Crippen molar-refractivity contribution in [3.05, 3.63) is 71.5 Å². The molecule has 2 aromatic rings. The zero-order valence-corrected chi connectivity index (χ0v) is 15.7. The van der Waals surface area contributed by atoms with E-state index >= 15 is 0 Å². The SMILES string of the molecule is O=C(CNC(=O)C1(c2ccc(F)cc2)CCOCC1)NCCc1ccccc1. The summed E-state index contributed by atoms with van der Waals surface area (Å²) in [6.45, 7) is 1.33. The van der Waals surface area contributed by atoms with Crippen molar-refractivity contribution in [3.63, 3.8) is 0 Å². The minimum absolute atomic E-state index is 0.0859. The van der Waals surface area contributed by atoms with E-state index in [9.17, 15) is 14.0 Å². The molecule has 2 aromatic carbocycles. The van der Waals surface area contributed by atoms with Gasteiger partial charge in [0.1, 0.15) is 5.82 Å². The minimum Gasteiger partial charge on any atom is -0.381 e. The summed E-state index contributed by atoms with van der Waals surface area (Å²) in [6, 6.07) is 15.9. The van der Waals surface area contributed by atoms with Crippen LogP contribution < -0.4 is 10.6 Å². The predicted octanol–water partition coefficient (Wildman–Crippen LogP) is 2.35. The molecule has 1 heterocycles. The highest BCUT2D eigenvalue weighted by molar-refractivity contribution is 5.91. The summed E-state index contributed by atoms with van der Waals surface area (Å²) in [7, 11) is 0. The summed E-state index contributed by atoms with van der Waals surface area (Å²) in [5.74, 6) is -0.796. The molecule has 0 radical (unpaired) electrons. The van der Waals surface area contributed by atoms with Gasteiger partial charge in [-0.2, -0.15) is 0 Å². The number of benzene rings is 2. The number of carbonyl (C=O) groups is 2. The Morgan fingerprint density at radius 3 is 2.32 bits per heavy atom. The highest BCUT2D eigenvalue weighted by atomic mass is 19.1. The molecule has 1 aliphatic rings. The van der Waals surface area contributed by atoms with Gasteiger partial charge in [0.15, 0.2) is 0 Å². The Bertz CT molecular complexity index is 787. The van der Waals surface area contributed by atoms with Gasteiger partial charge in [-0.25, -0.2) is 4.39 Å². The lowest BCUT2D eigenvalue weighted by molar-refractivity contribution is -0.132. The van der Waals surface area contributed by atoms with Gasteiger partial charge in [-0.15, -0.1) is 0 Å². The maximum Gasteiger partial charge on any atom is 0.239 e. The maximum absolute atomic E-state index is 13.3. The van der Waals surface area contributed by atoms with Gasteiger partial charge in [-0.3, -0.25) is 9.59 Å². The molecule has 3 rings (SSSR count). The first-order valence-corrected chi connectivity index (χ1v) is 9.53. The number of carbonyl (C=O) groups excluding carboxylic acids is 2. The molecule has 148 valence electrons. The molecule has 2 N–H and O–H groups in total. The van der Waals surface area contributed by atoms with Gasteiger partial charge in [0.05, 0.1) is 12.0 Å². The predicted molar refractivity (Wildman–Crippen MR) is 104 cm³/mol. The molecule has 28 heavy (non-hydrogen) atoms. The monoisotopic (exact) mass is 384 g/mol. The van der Waals surface area contributed by atoms with Crippen LogP contribution in [0.25, 0.3) is 0 Å². The van der Waals surface area contributed by atoms with E-state index in [-0.39, 0.29) is 24.2 Å². The normalized spacial score (nSPS) is 15.6. The molecule has 1 aliphatic heterocycles. The molecule has 1 saturated heterocycles. The Morgan fingerprint density at radius 1 is 0.964 bits per heavy atom. The first-order valence-electron chi connectivity index (χ1n) is 9.53. The van der Waals surface area contributed by atoms with Crippen LogP contribution in [-0.2, 0) is 26.2 Å². The quantitative estimate of drug-likeness (QED) is 0.770. The number of hydrogen-bond acceptors (Lipinski definition) is 3. The smallest absolute Gasteiger partial charge is 0.239 e. The summed E-state index contributed by atoms with van der Waals surface area (Å²) in [6.07, 6.45) is 1.73. The van der Waals surface area contributed by atoms with Crippen LogP contribution in [0.2, 0.25) is 0 Å². The third kappa shape index (κ3) is 4.95. The van der Waals surface area contributed by atoms with E-state index in [0.29, 0.717) is 32.6 Å². The first kappa shape index (κ1) is 20.0. The topological polar surface area (TPSA) is 67.4 Å². The van der Waals surface area contributed by atoms with Gasteiger partial charge >= 0.3 is 0 Å². The van der Waals surface area contributed by atoms with Crippen LogP contribution in [0.1, 0.15) is 24.0 Å². The van der Waals surface area contributed by atoms with Gasteiger partial charge in [0.2, 0.25) is 11.8 Å². The van der Waals surface area contributed by atoms with E-state index in [0.717, 1.165) is 17.5 Å². The van der Waals surface area contributed by atoms with Crippen LogP contribution in [0.15, 0.2) is 54.6 Å². The van der Waals surface area contributed by atoms with Crippen LogP contribution in [0.3, 0.4) is 0 Å². The molecule has 0 aromatic heterocycles. The Balaban J connectivity index is 1.55. The fraction of sp³-hybridized carbons (Fsp3) is 0.364. The average molecular weight is 384 g/mol. The lowest BCUT2D eigenvalue weighted by Crippen LogP contribution is -2.50. The zero-order chi connectivity index (χ0) is 19.8. The van der Waals surface area contributed by atoms with Crippen molar-refractivity contribution in [3.8, 4) is 0 Å². The lowest BCUT2D eigenvalue weighted by atomic mass is 9.73. The fourth-order valence-corrected chi connectivity index (χ4v) is 3.52. The summed E-state index contributed by atoms with van der Waals surface area (Å²) < 4.78 is 18.7. The average Bonchev–Trinajstić information content (AvgIpc) is 2.74. The second kappa shape index (κ2) is 9.46. The number of nitrogens with one attached hydrogen (secondary N) is 2. The number of halogens is 1. The van der Waals surface area contributed by atoms with Gasteiger partial charge in [0, 0.05) is 19.8 Å². The highest BCUT2D eigenvalue weighted by Gasteiger charge is 2.41. The fourth-order valence-electron chi connectivity index (χ4n) is 3.52. The standard InChI is InChI=1S/C22H25FN2O3/c23-19-8-6-18(7-9-19)22(11-14-28-15-12-22)21(27)25-16-20(26)24-13-10-17-4-2-1-3-5-17/h1-9H,10-16H2,(H,24,26)(H,25,27). The summed E-state index contributed by atoms with van der Waals surface area (Å²) >= 11 is 0. The van der Waals surface area contributed by atoms with Crippen molar-refractivity contribution in [2.45, 2.75) is 24.7 Å². The molecule has 5 nitrogen and oxygen atoms in total. The van der Waals surface area contributed by atoms with E-state index in [1.165, 1.54) is 12.1 Å². The number of hydrogen-bond donors (Lipinski definition) is 2. The van der Waals surface area contributed by atoms with E-state index in [1.54, 1.807) is 12.1 Å². The molecule has 0 aliphatic carbocycles. The Kier molecular flexibility index (Phi) is 6.76. The Labute approximate surface area is 164 Å². The second-order valence-electron chi connectivity index (χ2n) is 6.97. The molecule has 0 unspecified atom stereocenters. The molecule has 0 saturated carbocycles. The van der Waals surface area contributed by atoms with Crippen LogP contribution in [0.5, 0.6) is 0 Å². The van der Waals surface area contributed by atoms with Crippen LogP contribution >= 0.6 is 0 Å². The van der Waals surface area contributed by atoms with E-state index in [2.05, 4.69) is 10.6 Å². The molecule has 1 fully saturated rings. The Morgan fingerprint density at radius 2 is 1.64 bits per heavy atom. The first-order chi connectivity index (χ1) is 13.6. The molecular weight excluding hydrogens is 359 g/mol. The van der Waals surface area contributed by atoms with Gasteiger partial charge < -0.3 is 15.4 Å². The third-order valence-corrected chi connectivity index (χ3v) is 5.17. The highest BCUT2D eigenvalue weighted by Crippen LogP contribution is 2.35. The van der Waals surface area contributed by atoms with E-state index in [4.69, 9.17) is 4.74 Å². The zero-order valence-electron chi connectivity index (χ0n) is 15.7. The van der Waals surface area contributed by atoms with Crippen molar-refractivity contribution in [1.29, 1.82) is 0 Å². The maximum atomic E-state index is 13.3. The molecule has 0 bridgehead atoms. The van der Waals surface area contributed by atoms with Crippen molar-refractivity contribution in [1.82, 2.24) is 10.6 Å². The van der Waals surface area contributed by atoms with Crippen LogP contribution in [0.4, 0.5) is 4.39 Å². The number of rotatable bonds is 7. The number of ether oxygens (including phenoxy) is 1. The summed E-state index contributed by atoms with van der Waals surface area (Å²) in [5, 5.41) is 5.58. The van der Waals surface area contributed by atoms with Crippen molar-refractivity contribution >= 4 is 11.8 Å². The molecular formula is C22H25FN2O3. The largest absolute Gasteiger partial charge is 0.381 e. The van der Waals surface area contributed by atoms with E-state index < -0.39 is 5.41 Å². The van der Waals surface area contributed by atoms with Gasteiger partial charge in [-0.1, -0.05) is 42.5 Å². The molecule has 0 spiro atoms. The Hall–Kier alpha value is -2.73. The van der Waals surface area contributed by atoms with Crippen molar-refractivity contribution in [2.24, 2.45) is 0 Å². The van der Waals surface area contributed by atoms with Gasteiger partial charge in [-0.05, 0) is 42.5 Å². The second-order valence-corrected chi connectivity index (χ2v) is 6.97. The van der Waals surface area contributed by atoms with Crippen LogP contribution in [-0.4, -0.2) is 38.1 Å². The molecule has 6 heteroatoms. The summed E-state index contributed by atoms with van der Waals surface area (Å²) in [5.41, 5.74) is 1.10.